The molecule has 3 heterocycles. The molecule has 0 bridgehead atoms. The van der Waals surface area contributed by atoms with Crippen molar-refractivity contribution in [3.05, 3.63) is 108 Å². The molecule has 4 aromatic rings. The molecule has 2 aromatic heterocycles. The molecule has 0 spiro atoms. The molecule has 170 valence electrons. The summed E-state index contributed by atoms with van der Waals surface area (Å²) in [6.45, 7) is 0. The zero-order valence-electron chi connectivity index (χ0n) is 18.3. The molecule has 0 saturated carbocycles. The lowest BCUT2D eigenvalue weighted by molar-refractivity contribution is 0.0697. The van der Waals surface area contributed by atoms with Gasteiger partial charge in [-0.2, -0.15) is 0 Å². The molecule has 2 N–H and O–H groups in total. The molecule has 1 fully saturated rings. The normalized spacial score (nSPS) is 17.4. The fourth-order valence-corrected chi connectivity index (χ4v) is 4.67. The van der Waals surface area contributed by atoms with Gasteiger partial charge in [0.1, 0.15) is 11.8 Å². The van der Waals surface area contributed by atoms with Crippen LogP contribution in [0, 0.1) is 0 Å². The molecule has 34 heavy (non-hydrogen) atoms. The molecule has 2 aromatic carbocycles. The number of benzene rings is 2. The summed E-state index contributed by atoms with van der Waals surface area (Å²) in [6, 6.07) is 24.0. The number of anilines is 1. The Morgan fingerprint density at radius 3 is 2.56 bits per heavy atom. The average Bonchev–Trinajstić information content (AvgIpc) is 3.49. The lowest BCUT2D eigenvalue weighted by atomic mass is 10.0. The van der Waals surface area contributed by atoms with E-state index < -0.39 is 5.97 Å². The Labute approximate surface area is 202 Å². The van der Waals surface area contributed by atoms with Crippen LogP contribution < -0.4 is 15.0 Å². The van der Waals surface area contributed by atoms with Crippen LogP contribution in [0.25, 0.3) is 5.69 Å². The predicted octanol–water partition coefficient (Wildman–Crippen LogP) is 4.76. The maximum absolute atomic E-state index is 11.3. The number of methoxy groups -OCH3 is 1. The zero-order chi connectivity index (χ0) is 23.7. The second-order valence-electron chi connectivity index (χ2n) is 7.85. The van der Waals surface area contributed by atoms with Gasteiger partial charge in [-0.05, 0) is 72.9 Å². The van der Waals surface area contributed by atoms with E-state index in [9.17, 15) is 9.90 Å². The van der Waals surface area contributed by atoms with E-state index >= 15 is 0 Å². The first-order valence-electron chi connectivity index (χ1n) is 10.7. The van der Waals surface area contributed by atoms with Gasteiger partial charge in [0, 0.05) is 35.5 Å². The molecule has 0 radical (unpaired) electrons. The first-order chi connectivity index (χ1) is 16.6. The molecular weight excluding hydrogens is 448 g/mol. The van der Waals surface area contributed by atoms with Crippen LogP contribution in [0.3, 0.4) is 0 Å². The van der Waals surface area contributed by atoms with E-state index in [0.717, 1.165) is 28.5 Å². The van der Waals surface area contributed by atoms with Gasteiger partial charge in [-0.1, -0.05) is 12.1 Å². The number of nitrogens with one attached hydrogen (secondary N) is 1. The Morgan fingerprint density at radius 1 is 1.03 bits per heavy atom. The van der Waals surface area contributed by atoms with Crippen LogP contribution in [-0.4, -0.2) is 32.8 Å². The van der Waals surface area contributed by atoms with Gasteiger partial charge < -0.3 is 24.6 Å². The van der Waals surface area contributed by atoms with Crippen LogP contribution in [0.15, 0.2) is 91.3 Å². The lowest BCUT2D eigenvalue weighted by Gasteiger charge is -2.29. The molecule has 8 heteroatoms. The van der Waals surface area contributed by atoms with Gasteiger partial charge in [-0.25, -0.2) is 4.79 Å². The van der Waals surface area contributed by atoms with Crippen molar-refractivity contribution in [1.29, 1.82) is 0 Å². The quantitative estimate of drug-likeness (QED) is 0.394. The molecule has 1 aliphatic heterocycles. The third-order valence-corrected chi connectivity index (χ3v) is 6.22. The first kappa shape index (κ1) is 21.7. The number of hydrogen-bond donors (Lipinski definition) is 2. The molecule has 2 atom stereocenters. The van der Waals surface area contributed by atoms with Crippen LogP contribution in [0.4, 0.5) is 5.69 Å². The monoisotopic (exact) mass is 470 g/mol. The standard InChI is InChI=1S/C26H22N4O3S/c1-33-20-7-4-6-19(16-20)30-24(23(28-26(30)34)21-8-2-3-14-27-21)22-9-5-15-29(22)18-12-10-17(11-13-18)25(31)32/h2-16,23-24H,1H3,(H,28,34)(H,31,32)/t23-,24+/m0/s1. The summed E-state index contributed by atoms with van der Waals surface area (Å²) in [7, 11) is 1.64. The van der Waals surface area contributed by atoms with Crippen molar-refractivity contribution < 1.29 is 14.6 Å². The second kappa shape index (κ2) is 8.99. The summed E-state index contributed by atoms with van der Waals surface area (Å²) < 4.78 is 7.51. The Bertz CT molecular complexity index is 1340. The van der Waals surface area contributed by atoms with E-state index in [0.29, 0.717) is 5.11 Å². The predicted molar refractivity (Wildman–Crippen MR) is 134 cm³/mol. The average molecular weight is 471 g/mol. The highest BCUT2D eigenvalue weighted by Crippen LogP contribution is 2.42. The number of rotatable bonds is 6. The van der Waals surface area contributed by atoms with Crippen molar-refractivity contribution in [2.45, 2.75) is 12.1 Å². The fraction of sp³-hybridized carbons (Fsp3) is 0.115. The van der Waals surface area contributed by atoms with E-state index in [-0.39, 0.29) is 17.6 Å². The Hall–Kier alpha value is -4.17. The molecule has 0 aliphatic carbocycles. The molecule has 0 unspecified atom stereocenters. The van der Waals surface area contributed by atoms with Crippen molar-refractivity contribution in [2.24, 2.45) is 0 Å². The summed E-state index contributed by atoms with van der Waals surface area (Å²) in [4.78, 5) is 18.0. The number of aromatic nitrogens is 2. The van der Waals surface area contributed by atoms with Gasteiger partial charge in [0.15, 0.2) is 5.11 Å². The highest BCUT2D eigenvalue weighted by molar-refractivity contribution is 7.80. The molecular formula is C26H22N4O3S. The molecule has 5 rings (SSSR count). The maximum atomic E-state index is 11.3. The highest BCUT2D eigenvalue weighted by Gasteiger charge is 2.42. The topological polar surface area (TPSA) is 79.6 Å². The van der Waals surface area contributed by atoms with Crippen LogP contribution in [0.2, 0.25) is 0 Å². The number of pyridine rings is 1. The van der Waals surface area contributed by atoms with E-state index in [4.69, 9.17) is 17.0 Å². The number of hydrogen-bond acceptors (Lipinski definition) is 4. The summed E-state index contributed by atoms with van der Waals surface area (Å²) >= 11 is 5.81. The summed E-state index contributed by atoms with van der Waals surface area (Å²) in [5.41, 5.74) is 3.84. The van der Waals surface area contributed by atoms with E-state index in [2.05, 4.69) is 25.8 Å². The van der Waals surface area contributed by atoms with Gasteiger partial charge in [0.25, 0.3) is 0 Å². The Morgan fingerprint density at radius 2 is 1.85 bits per heavy atom. The summed E-state index contributed by atoms with van der Waals surface area (Å²) in [6.07, 6.45) is 3.74. The van der Waals surface area contributed by atoms with Crippen molar-refractivity contribution in [2.75, 3.05) is 12.0 Å². The molecule has 0 amide bonds. The van der Waals surface area contributed by atoms with E-state index in [1.807, 2.05) is 54.7 Å². The third-order valence-electron chi connectivity index (χ3n) is 5.91. The van der Waals surface area contributed by atoms with Gasteiger partial charge in [0.2, 0.25) is 0 Å². The number of aromatic carboxylic acids is 1. The number of nitrogens with zero attached hydrogens (tertiary/aromatic N) is 3. The van der Waals surface area contributed by atoms with Crippen LogP contribution in [0.1, 0.15) is 33.8 Å². The van der Waals surface area contributed by atoms with Crippen molar-refractivity contribution in [1.82, 2.24) is 14.9 Å². The largest absolute Gasteiger partial charge is 0.497 e. The van der Waals surface area contributed by atoms with Crippen LogP contribution in [0.5, 0.6) is 5.75 Å². The van der Waals surface area contributed by atoms with Gasteiger partial charge in [0.05, 0.1) is 24.4 Å². The van der Waals surface area contributed by atoms with Crippen molar-refractivity contribution in [3.8, 4) is 11.4 Å². The number of carboxylic acids is 1. The number of carboxylic acid groups (broad SMARTS) is 1. The number of carbonyl (C=O) groups is 1. The highest BCUT2D eigenvalue weighted by atomic mass is 32.1. The molecule has 7 nitrogen and oxygen atoms in total. The van der Waals surface area contributed by atoms with Crippen molar-refractivity contribution in [3.63, 3.8) is 0 Å². The van der Waals surface area contributed by atoms with Gasteiger partial charge in [-0.3, -0.25) is 4.98 Å². The van der Waals surface area contributed by atoms with Gasteiger partial charge >= 0.3 is 5.97 Å². The van der Waals surface area contributed by atoms with Gasteiger partial charge in [-0.15, -0.1) is 0 Å². The van der Waals surface area contributed by atoms with E-state index in [1.165, 1.54) is 0 Å². The third kappa shape index (κ3) is 3.88. The number of ether oxygens (including phenoxy) is 1. The molecule has 1 saturated heterocycles. The molecule has 1 aliphatic rings. The SMILES string of the molecule is COc1cccc(N2C(=S)N[C@@H](c3ccccn3)[C@H]2c2cccn2-c2ccc(C(=O)O)cc2)c1. The minimum absolute atomic E-state index is 0.202. The smallest absolute Gasteiger partial charge is 0.335 e. The lowest BCUT2D eigenvalue weighted by Crippen LogP contribution is -2.30. The van der Waals surface area contributed by atoms with Crippen LogP contribution >= 0.6 is 12.2 Å². The fourth-order valence-electron chi connectivity index (χ4n) is 4.33. The minimum atomic E-state index is -0.955. The second-order valence-corrected chi connectivity index (χ2v) is 8.24. The summed E-state index contributed by atoms with van der Waals surface area (Å²) in [5, 5.41) is 13.3. The van der Waals surface area contributed by atoms with Crippen LogP contribution in [-0.2, 0) is 0 Å². The first-order valence-corrected chi connectivity index (χ1v) is 11.1. The minimum Gasteiger partial charge on any atom is -0.497 e. The maximum Gasteiger partial charge on any atom is 0.335 e. The zero-order valence-corrected chi connectivity index (χ0v) is 19.1. The number of thiocarbonyl (C=S) groups is 1. The van der Waals surface area contributed by atoms with Crippen molar-refractivity contribution >= 4 is 29.0 Å². The summed E-state index contributed by atoms with van der Waals surface area (Å²) in [5.74, 6) is -0.219. The Balaban J connectivity index is 1.64. The van der Waals surface area contributed by atoms with E-state index in [1.54, 1.807) is 37.6 Å². The Kier molecular flexibility index (Phi) is 5.73.